The van der Waals surface area contributed by atoms with Gasteiger partial charge in [0.1, 0.15) is 11.6 Å². The zero-order valence-corrected chi connectivity index (χ0v) is 11.6. The first-order valence-corrected chi connectivity index (χ1v) is 6.76. The molecular formula is C18H15F2N. The first-order chi connectivity index (χ1) is 10.1. The highest BCUT2D eigenvalue weighted by Gasteiger charge is 2.16. The number of halogens is 2. The van der Waals surface area contributed by atoms with Crippen LogP contribution in [0, 0.1) is 18.6 Å². The fourth-order valence-electron chi connectivity index (χ4n) is 2.48. The second kappa shape index (κ2) is 5.26. The van der Waals surface area contributed by atoms with Crippen LogP contribution < -0.4 is 5.73 Å². The average Bonchev–Trinajstić information content (AvgIpc) is 2.50. The minimum atomic E-state index is -0.690. The van der Waals surface area contributed by atoms with Crippen molar-refractivity contribution in [2.24, 2.45) is 5.73 Å². The van der Waals surface area contributed by atoms with Crippen LogP contribution >= 0.6 is 0 Å². The summed E-state index contributed by atoms with van der Waals surface area (Å²) in [5, 5.41) is 2.11. The van der Waals surface area contributed by atoms with E-state index in [0.717, 1.165) is 16.3 Å². The van der Waals surface area contributed by atoms with E-state index in [-0.39, 0.29) is 11.1 Å². The van der Waals surface area contributed by atoms with E-state index in [9.17, 15) is 8.78 Å². The van der Waals surface area contributed by atoms with Crippen molar-refractivity contribution in [2.45, 2.75) is 13.0 Å². The maximum Gasteiger partial charge on any atom is 0.128 e. The molecule has 106 valence electrons. The maximum atomic E-state index is 14.0. The molecule has 0 saturated heterocycles. The molecule has 0 saturated carbocycles. The van der Waals surface area contributed by atoms with Crippen molar-refractivity contribution in [3.63, 3.8) is 0 Å². The Labute approximate surface area is 122 Å². The molecule has 0 fully saturated rings. The van der Waals surface area contributed by atoms with Crippen LogP contribution in [-0.4, -0.2) is 0 Å². The van der Waals surface area contributed by atoms with Crippen LogP contribution in [0.2, 0.25) is 0 Å². The predicted octanol–water partition coefficient (Wildman–Crippen LogP) is 4.47. The summed E-state index contributed by atoms with van der Waals surface area (Å²) in [6.07, 6.45) is 0. The zero-order chi connectivity index (χ0) is 15.0. The summed E-state index contributed by atoms with van der Waals surface area (Å²) < 4.78 is 27.7. The molecule has 3 aromatic carbocycles. The van der Waals surface area contributed by atoms with Gasteiger partial charge in [0.15, 0.2) is 0 Å². The Kier molecular flexibility index (Phi) is 3.43. The van der Waals surface area contributed by atoms with Crippen LogP contribution in [0.25, 0.3) is 10.8 Å². The Hall–Kier alpha value is -2.26. The number of hydrogen-bond acceptors (Lipinski definition) is 1. The molecule has 1 atom stereocenters. The fourth-order valence-corrected chi connectivity index (χ4v) is 2.48. The van der Waals surface area contributed by atoms with E-state index in [1.807, 2.05) is 42.5 Å². The van der Waals surface area contributed by atoms with Gasteiger partial charge in [-0.2, -0.15) is 0 Å². The molecule has 0 bridgehead atoms. The monoisotopic (exact) mass is 283 g/mol. The summed E-state index contributed by atoms with van der Waals surface area (Å²) >= 11 is 0. The quantitative estimate of drug-likeness (QED) is 0.737. The molecule has 0 aliphatic rings. The van der Waals surface area contributed by atoms with Crippen molar-refractivity contribution in [1.82, 2.24) is 0 Å². The number of fused-ring (bicyclic) bond motifs is 1. The Morgan fingerprint density at radius 2 is 1.57 bits per heavy atom. The summed E-state index contributed by atoms with van der Waals surface area (Å²) in [5.41, 5.74) is 7.33. The average molecular weight is 283 g/mol. The minimum absolute atomic E-state index is 0.174. The van der Waals surface area contributed by atoms with Gasteiger partial charge in [0, 0.05) is 5.56 Å². The third-order valence-electron chi connectivity index (χ3n) is 3.75. The third-order valence-corrected chi connectivity index (χ3v) is 3.75. The predicted molar refractivity (Wildman–Crippen MR) is 81.1 cm³/mol. The Bertz CT molecular complexity index is 811. The van der Waals surface area contributed by atoms with Crippen molar-refractivity contribution in [1.29, 1.82) is 0 Å². The Balaban J connectivity index is 2.07. The molecule has 0 aliphatic carbocycles. The Morgan fingerprint density at radius 1 is 0.857 bits per heavy atom. The summed E-state index contributed by atoms with van der Waals surface area (Å²) in [7, 11) is 0. The van der Waals surface area contributed by atoms with Gasteiger partial charge in [-0.25, -0.2) is 8.78 Å². The highest BCUT2D eigenvalue weighted by molar-refractivity contribution is 5.83. The first kappa shape index (κ1) is 13.7. The highest BCUT2D eigenvalue weighted by atomic mass is 19.1. The molecule has 0 amide bonds. The van der Waals surface area contributed by atoms with Gasteiger partial charge in [0.05, 0.1) is 6.04 Å². The number of benzene rings is 3. The maximum absolute atomic E-state index is 14.0. The number of aryl methyl sites for hydroxylation is 1. The van der Waals surface area contributed by atoms with Crippen molar-refractivity contribution in [3.05, 3.63) is 82.9 Å². The van der Waals surface area contributed by atoms with Crippen molar-refractivity contribution in [2.75, 3.05) is 0 Å². The van der Waals surface area contributed by atoms with Gasteiger partial charge in [-0.15, -0.1) is 0 Å². The minimum Gasteiger partial charge on any atom is -0.320 e. The van der Waals surface area contributed by atoms with E-state index >= 15 is 0 Å². The van der Waals surface area contributed by atoms with E-state index in [0.29, 0.717) is 0 Å². The number of nitrogens with two attached hydrogens (primary N) is 1. The molecule has 1 nitrogen and oxygen atoms in total. The van der Waals surface area contributed by atoms with Gasteiger partial charge in [-0.05, 0) is 47.0 Å². The Morgan fingerprint density at radius 3 is 2.33 bits per heavy atom. The standard InChI is InChI=1S/C18H15F2N/c1-11-8-17(20)15(10-16(11)19)18(21)14-7-6-12-4-2-3-5-13(12)9-14/h2-10,18H,21H2,1H3. The second-order valence-electron chi connectivity index (χ2n) is 5.21. The molecule has 0 aromatic heterocycles. The largest absolute Gasteiger partial charge is 0.320 e. The van der Waals surface area contributed by atoms with E-state index in [1.54, 1.807) is 0 Å². The van der Waals surface area contributed by atoms with Gasteiger partial charge in [0.25, 0.3) is 0 Å². The first-order valence-electron chi connectivity index (χ1n) is 6.76. The molecule has 0 aliphatic heterocycles. The van der Waals surface area contributed by atoms with Crippen molar-refractivity contribution in [3.8, 4) is 0 Å². The summed E-state index contributed by atoms with van der Waals surface area (Å²) in [6.45, 7) is 1.53. The van der Waals surface area contributed by atoms with E-state index in [2.05, 4.69) is 0 Å². The lowest BCUT2D eigenvalue weighted by Gasteiger charge is -2.15. The number of hydrogen-bond donors (Lipinski definition) is 1. The van der Waals surface area contributed by atoms with Gasteiger partial charge in [-0.1, -0.05) is 36.4 Å². The molecule has 0 radical (unpaired) electrons. The summed E-state index contributed by atoms with van der Waals surface area (Å²) in [5.74, 6) is -0.919. The lowest BCUT2D eigenvalue weighted by atomic mass is 9.96. The smallest absolute Gasteiger partial charge is 0.128 e. The lowest BCUT2D eigenvalue weighted by molar-refractivity contribution is 0.571. The van der Waals surface area contributed by atoms with Crippen LogP contribution in [0.3, 0.4) is 0 Å². The molecule has 3 aromatic rings. The molecule has 0 spiro atoms. The van der Waals surface area contributed by atoms with Crippen LogP contribution in [0.15, 0.2) is 54.6 Å². The highest BCUT2D eigenvalue weighted by Crippen LogP contribution is 2.27. The summed E-state index contributed by atoms with van der Waals surface area (Å²) in [4.78, 5) is 0. The normalized spacial score (nSPS) is 12.6. The van der Waals surface area contributed by atoms with Crippen LogP contribution in [0.5, 0.6) is 0 Å². The fraction of sp³-hybridized carbons (Fsp3) is 0.111. The topological polar surface area (TPSA) is 26.0 Å². The molecule has 2 N–H and O–H groups in total. The molecule has 3 heteroatoms. The molecule has 21 heavy (non-hydrogen) atoms. The van der Waals surface area contributed by atoms with E-state index < -0.39 is 17.7 Å². The van der Waals surface area contributed by atoms with Crippen molar-refractivity contribution >= 4 is 10.8 Å². The lowest BCUT2D eigenvalue weighted by Crippen LogP contribution is -2.14. The van der Waals surface area contributed by atoms with Crippen LogP contribution in [-0.2, 0) is 0 Å². The molecule has 1 unspecified atom stereocenters. The van der Waals surface area contributed by atoms with E-state index in [1.165, 1.54) is 19.1 Å². The van der Waals surface area contributed by atoms with Crippen LogP contribution in [0.4, 0.5) is 8.78 Å². The molecular weight excluding hydrogens is 268 g/mol. The second-order valence-corrected chi connectivity index (χ2v) is 5.21. The van der Waals surface area contributed by atoms with Gasteiger partial charge >= 0.3 is 0 Å². The summed E-state index contributed by atoms with van der Waals surface area (Å²) in [6, 6.07) is 15.2. The molecule has 3 rings (SSSR count). The zero-order valence-electron chi connectivity index (χ0n) is 11.6. The van der Waals surface area contributed by atoms with Crippen LogP contribution in [0.1, 0.15) is 22.7 Å². The SMILES string of the molecule is Cc1cc(F)c(C(N)c2ccc3ccccc3c2)cc1F. The van der Waals surface area contributed by atoms with E-state index in [4.69, 9.17) is 5.73 Å². The van der Waals surface area contributed by atoms with Gasteiger partial charge in [-0.3, -0.25) is 0 Å². The van der Waals surface area contributed by atoms with Crippen molar-refractivity contribution < 1.29 is 8.78 Å². The number of rotatable bonds is 2. The third kappa shape index (κ3) is 2.52. The molecule has 0 heterocycles. The van der Waals surface area contributed by atoms with Gasteiger partial charge < -0.3 is 5.73 Å². The van der Waals surface area contributed by atoms with Gasteiger partial charge in [0.2, 0.25) is 0 Å².